The summed E-state index contributed by atoms with van der Waals surface area (Å²) in [6.45, 7) is 2.48. The summed E-state index contributed by atoms with van der Waals surface area (Å²) in [5.41, 5.74) is 1.04. The number of hydrogen-bond acceptors (Lipinski definition) is 4. The molecule has 0 unspecified atom stereocenters. The van der Waals surface area contributed by atoms with Crippen LogP contribution in [0.25, 0.3) is 5.69 Å². The highest BCUT2D eigenvalue weighted by Crippen LogP contribution is 2.24. The smallest absolute Gasteiger partial charge is 0.308 e. The maximum atomic E-state index is 12.4. The van der Waals surface area contributed by atoms with Gasteiger partial charge in [0.1, 0.15) is 0 Å². The first-order valence-corrected chi connectivity index (χ1v) is 7.06. The summed E-state index contributed by atoms with van der Waals surface area (Å²) < 4.78 is 1.53. The van der Waals surface area contributed by atoms with Gasteiger partial charge in [-0.2, -0.15) is 0 Å². The lowest BCUT2D eigenvalue weighted by molar-refractivity contribution is -0.142. The van der Waals surface area contributed by atoms with E-state index in [2.05, 4.69) is 10.3 Å². The number of hydrogen-bond donors (Lipinski definition) is 1. The molecule has 1 N–H and O–H groups in total. The molecule has 2 aromatic rings. The fourth-order valence-corrected chi connectivity index (χ4v) is 2.68. The van der Waals surface area contributed by atoms with E-state index in [1.807, 2.05) is 37.3 Å². The van der Waals surface area contributed by atoms with E-state index in [1.165, 1.54) is 9.58 Å². The van der Waals surface area contributed by atoms with Gasteiger partial charge in [0.25, 0.3) is 5.91 Å². The zero-order valence-corrected chi connectivity index (χ0v) is 12.1. The fraction of sp³-hybridized carbons (Fsp3) is 0.333. The van der Waals surface area contributed by atoms with Crippen molar-refractivity contribution in [3.63, 3.8) is 0 Å². The first-order chi connectivity index (χ1) is 10.6. The van der Waals surface area contributed by atoms with E-state index in [0.29, 0.717) is 6.54 Å². The second-order valence-corrected chi connectivity index (χ2v) is 5.52. The number of likely N-dealkylation sites (tertiary alicyclic amines) is 1. The van der Waals surface area contributed by atoms with E-state index in [9.17, 15) is 9.59 Å². The molecule has 7 heteroatoms. The molecule has 1 amide bonds. The van der Waals surface area contributed by atoms with Crippen LogP contribution in [0.2, 0.25) is 0 Å². The number of benzene rings is 1. The molecule has 0 bridgehead atoms. The van der Waals surface area contributed by atoms with Gasteiger partial charge in [-0.05, 0) is 18.1 Å². The van der Waals surface area contributed by atoms with E-state index >= 15 is 0 Å². The lowest BCUT2D eigenvalue weighted by Gasteiger charge is -2.13. The van der Waals surface area contributed by atoms with Crippen molar-refractivity contribution in [3.8, 4) is 5.69 Å². The molecule has 2 atom stereocenters. The first kappa shape index (κ1) is 14.2. The zero-order valence-electron chi connectivity index (χ0n) is 12.1. The maximum absolute atomic E-state index is 12.4. The Labute approximate surface area is 127 Å². The third-order valence-corrected chi connectivity index (χ3v) is 3.95. The molecule has 1 aromatic heterocycles. The predicted octanol–water partition coefficient (Wildman–Crippen LogP) is 1.06. The molecule has 3 rings (SSSR count). The Bertz CT molecular complexity index is 698. The van der Waals surface area contributed by atoms with Crippen molar-refractivity contribution >= 4 is 11.9 Å². The zero-order chi connectivity index (χ0) is 15.7. The van der Waals surface area contributed by atoms with E-state index in [1.54, 1.807) is 6.20 Å². The molecule has 1 saturated heterocycles. The molecule has 0 spiro atoms. The monoisotopic (exact) mass is 300 g/mol. The van der Waals surface area contributed by atoms with Crippen molar-refractivity contribution in [2.45, 2.75) is 6.92 Å². The molecule has 0 radical (unpaired) electrons. The molecule has 1 aliphatic heterocycles. The van der Waals surface area contributed by atoms with Gasteiger partial charge < -0.3 is 10.0 Å². The summed E-state index contributed by atoms with van der Waals surface area (Å²) in [6, 6.07) is 9.36. The van der Waals surface area contributed by atoms with Gasteiger partial charge in [0.15, 0.2) is 5.69 Å². The number of carboxylic acid groups (broad SMARTS) is 1. The summed E-state index contributed by atoms with van der Waals surface area (Å²) in [7, 11) is 0. The number of amides is 1. The van der Waals surface area contributed by atoms with Gasteiger partial charge in [0.05, 0.1) is 17.8 Å². The first-order valence-electron chi connectivity index (χ1n) is 7.06. The Morgan fingerprint density at radius 1 is 1.23 bits per heavy atom. The Kier molecular flexibility index (Phi) is 3.62. The predicted molar refractivity (Wildman–Crippen MR) is 77.6 cm³/mol. The third kappa shape index (κ3) is 2.57. The molecule has 1 aliphatic rings. The number of carbonyl (C=O) groups excluding carboxylic acids is 1. The highest BCUT2D eigenvalue weighted by Gasteiger charge is 2.37. The number of carbonyl (C=O) groups is 2. The van der Waals surface area contributed by atoms with Crippen molar-refractivity contribution < 1.29 is 14.7 Å². The summed E-state index contributed by atoms with van der Waals surface area (Å²) >= 11 is 0. The third-order valence-electron chi connectivity index (χ3n) is 3.95. The minimum atomic E-state index is -0.865. The van der Waals surface area contributed by atoms with Crippen LogP contribution in [0, 0.1) is 11.8 Å². The lowest BCUT2D eigenvalue weighted by atomic mass is 9.99. The van der Waals surface area contributed by atoms with Crippen molar-refractivity contribution in [2.24, 2.45) is 11.8 Å². The van der Waals surface area contributed by atoms with Gasteiger partial charge in [-0.1, -0.05) is 30.3 Å². The summed E-state index contributed by atoms with van der Waals surface area (Å²) in [4.78, 5) is 25.1. The number of rotatable bonds is 3. The normalized spacial score (nSPS) is 21.0. The van der Waals surface area contributed by atoms with Crippen LogP contribution in [-0.4, -0.2) is 50.0 Å². The molecule has 7 nitrogen and oxygen atoms in total. The van der Waals surface area contributed by atoms with Crippen molar-refractivity contribution in [3.05, 3.63) is 42.2 Å². The Balaban J connectivity index is 1.77. The van der Waals surface area contributed by atoms with E-state index in [4.69, 9.17) is 5.11 Å². The summed E-state index contributed by atoms with van der Waals surface area (Å²) in [6.07, 6.45) is 1.57. The van der Waals surface area contributed by atoms with Gasteiger partial charge in [-0.25, -0.2) is 4.68 Å². The lowest BCUT2D eigenvalue weighted by Crippen LogP contribution is -2.30. The average molecular weight is 300 g/mol. The summed E-state index contributed by atoms with van der Waals surface area (Å²) in [5.74, 6) is -1.73. The molecule has 2 heterocycles. The van der Waals surface area contributed by atoms with Crippen LogP contribution in [0.4, 0.5) is 0 Å². The Hall–Kier alpha value is -2.70. The minimum Gasteiger partial charge on any atom is -0.481 e. The van der Waals surface area contributed by atoms with Crippen LogP contribution in [0.15, 0.2) is 36.5 Å². The van der Waals surface area contributed by atoms with Crippen LogP contribution in [-0.2, 0) is 4.79 Å². The van der Waals surface area contributed by atoms with Crippen molar-refractivity contribution in [1.82, 2.24) is 19.9 Å². The highest BCUT2D eigenvalue weighted by atomic mass is 16.4. The standard InChI is InChI=1S/C15H16N4O3/c1-10-7-18(8-12(10)15(21)22)14(20)13-9-19(17-16-13)11-5-3-2-4-6-11/h2-6,9-10,12H,7-8H2,1H3,(H,21,22)/t10-,12-/m1/s1. The molecule has 1 aromatic carbocycles. The highest BCUT2D eigenvalue weighted by molar-refractivity contribution is 5.92. The van der Waals surface area contributed by atoms with Gasteiger partial charge in [0, 0.05) is 13.1 Å². The van der Waals surface area contributed by atoms with E-state index in [0.717, 1.165) is 5.69 Å². The Morgan fingerprint density at radius 2 is 1.95 bits per heavy atom. The molecule has 114 valence electrons. The number of aromatic nitrogens is 3. The van der Waals surface area contributed by atoms with Gasteiger partial charge in [-0.3, -0.25) is 9.59 Å². The number of aliphatic carboxylic acids is 1. The molecule has 0 aliphatic carbocycles. The van der Waals surface area contributed by atoms with E-state index < -0.39 is 11.9 Å². The van der Waals surface area contributed by atoms with Crippen LogP contribution in [0.5, 0.6) is 0 Å². The molecule has 0 saturated carbocycles. The van der Waals surface area contributed by atoms with Crippen molar-refractivity contribution in [2.75, 3.05) is 13.1 Å². The molecule has 1 fully saturated rings. The van der Waals surface area contributed by atoms with Crippen LogP contribution in [0.3, 0.4) is 0 Å². The average Bonchev–Trinajstić information content (AvgIpc) is 3.14. The molecule has 22 heavy (non-hydrogen) atoms. The molecular formula is C15H16N4O3. The minimum absolute atomic E-state index is 0.0642. The number of nitrogens with zero attached hydrogens (tertiary/aromatic N) is 4. The number of para-hydroxylation sites is 1. The molecular weight excluding hydrogens is 284 g/mol. The summed E-state index contributed by atoms with van der Waals surface area (Å²) in [5, 5.41) is 17.0. The van der Waals surface area contributed by atoms with Gasteiger partial charge in [0.2, 0.25) is 0 Å². The second-order valence-electron chi connectivity index (χ2n) is 5.52. The van der Waals surface area contributed by atoms with Crippen LogP contribution >= 0.6 is 0 Å². The number of carboxylic acids is 1. The fourth-order valence-electron chi connectivity index (χ4n) is 2.68. The van der Waals surface area contributed by atoms with Crippen LogP contribution in [0.1, 0.15) is 17.4 Å². The van der Waals surface area contributed by atoms with Gasteiger partial charge >= 0.3 is 5.97 Å². The largest absolute Gasteiger partial charge is 0.481 e. The Morgan fingerprint density at radius 3 is 2.59 bits per heavy atom. The quantitative estimate of drug-likeness (QED) is 0.915. The SMILES string of the molecule is C[C@@H]1CN(C(=O)c2cn(-c3ccccc3)nn2)C[C@H]1C(=O)O. The topological polar surface area (TPSA) is 88.3 Å². The van der Waals surface area contributed by atoms with Crippen LogP contribution < -0.4 is 0 Å². The van der Waals surface area contributed by atoms with Gasteiger partial charge in [-0.15, -0.1) is 5.10 Å². The second kappa shape index (κ2) is 5.59. The van der Waals surface area contributed by atoms with Crippen molar-refractivity contribution in [1.29, 1.82) is 0 Å². The maximum Gasteiger partial charge on any atom is 0.308 e. The van der Waals surface area contributed by atoms with E-state index in [-0.39, 0.29) is 24.1 Å².